The van der Waals surface area contributed by atoms with Gasteiger partial charge in [0.05, 0.1) is 10.8 Å². The fourth-order valence-corrected chi connectivity index (χ4v) is 5.55. The third-order valence-electron chi connectivity index (χ3n) is 7.87. The zero-order valence-corrected chi connectivity index (χ0v) is 25.0. The van der Waals surface area contributed by atoms with Crippen molar-refractivity contribution < 1.29 is 28.7 Å². The fraction of sp³-hybridized carbons (Fsp3) is 0.594. The summed E-state index contributed by atoms with van der Waals surface area (Å²) in [6.45, 7) is 19.4. The van der Waals surface area contributed by atoms with Crippen LogP contribution in [0, 0.1) is 27.6 Å². The van der Waals surface area contributed by atoms with Gasteiger partial charge in [-0.3, -0.25) is 24.0 Å². The molecule has 0 spiro atoms. The van der Waals surface area contributed by atoms with Crippen molar-refractivity contribution in [1.82, 2.24) is 0 Å². The largest absolute Gasteiger partial charge is 0.429 e. The van der Waals surface area contributed by atoms with E-state index in [9.17, 15) is 24.0 Å². The molecule has 0 radical (unpaired) electrons. The third kappa shape index (κ3) is 4.94. The Hall–Kier alpha value is -2.89. The number of carbonyl (C=O) groups is 5. The second-order valence-corrected chi connectivity index (χ2v) is 13.1. The van der Waals surface area contributed by atoms with E-state index in [1.54, 1.807) is 48.5 Å². The summed E-state index contributed by atoms with van der Waals surface area (Å²) < 4.78 is 6.06. The lowest BCUT2D eigenvalue weighted by atomic mass is 9.41. The molecule has 38 heavy (non-hydrogen) atoms. The van der Waals surface area contributed by atoms with Crippen molar-refractivity contribution >= 4 is 29.6 Å². The lowest BCUT2D eigenvalue weighted by Gasteiger charge is -2.58. The summed E-state index contributed by atoms with van der Waals surface area (Å²) in [6.07, 6.45) is 6.03. The Labute approximate surface area is 227 Å². The molecule has 0 aromatic heterocycles. The topological polar surface area (TPSA) is 94.6 Å². The van der Waals surface area contributed by atoms with Crippen LogP contribution in [0.25, 0.3) is 0 Å². The molecule has 208 valence electrons. The first kappa shape index (κ1) is 31.3. The Kier molecular flexibility index (Phi) is 8.82. The first-order valence-corrected chi connectivity index (χ1v) is 13.3. The Morgan fingerprint density at radius 3 is 2.00 bits per heavy atom. The number of fused-ring (bicyclic) bond motifs is 2. The van der Waals surface area contributed by atoms with Crippen LogP contribution >= 0.6 is 0 Å². The molecule has 2 aliphatic carbocycles. The summed E-state index contributed by atoms with van der Waals surface area (Å²) in [5.74, 6) is -2.84. The van der Waals surface area contributed by atoms with Gasteiger partial charge in [0.1, 0.15) is 12.0 Å². The predicted octanol–water partition coefficient (Wildman–Crippen LogP) is 6.45. The maximum absolute atomic E-state index is 14.9. The van der Waals surface area contributed by atoms with Crippen LogP contribution in [0.3, 0.4) is 0 Å². The van der Waals surface area contributed by atoms with Crippen LogP contribution in [0.5, 0.6) is 0 Å². The van der Waals surface area contributed by atoms with E-state index in [0.717, 1.165) is 11.1 Å². The molecule has 0 saturated heterocycles. The van der Waals surface area contributed by atoms with Gasteiger partial charge in [0, 0.05) is 16.9 Å². The summed E-state index contributed by atoms with van der Waals surface area (Å²) >= 11 is 0. The number of aldehydes is 1. The number of ketones is 3. The Morgan fingerprint density at radius 1 is 1.00 bits per heavy atom. The van der Waals surface area contributed by atoms with Gasteiger partial charge in [-0.2, -0.15) is 0 Å². The molecular weight excluding hydrogens is 480 g/mol. The number of allylic oxidation sites excluding steroid dienone is 8. The van der Waals surface area contributed by atoms with Gasteiger partial charge in [-0.15, -0.1) is 0 Å². The van der Waals surface area contributed by atoms with Crippen molar-refractivity contribution in [3.63, 3.8) is 0 Å². The smallest absolute Gasteiger partial charge is 0.316 e. The van der Waals surface area contributed by atoms with Crippen molar-refractivity contribution in [3.8, 4) is 0 Å². The molecule has 0 unspecified atom stereocenters. The van der Waals surface area contributed by atoms with Gasteiger partial charge in [0.15, 0.2) is 22.8 Å². The van der Waals surface area contributed by atoms with Crippen molar-refractivity contribution in [2.45, 2.75) is 95.4 Å². The van der Waals surface area contributed by atoms with Crippen LogP contribution in [0.4, 0.5) is 0 Å². The normalized spacial score (nSPS) is 25.8. The van der Waals surface area contributed by atoms with E-state index in [1.807, 2.05) is 39.8 Å². The molecule has 2 bridgehead atoms. The van der Waals surface area contributed by atoms with Gasteiger partial charge < -0.3 is 4.74 Å². The minimum absolute atomic E-state index is 0.0157. The minimum Gasteiger partial charge on any atom is -0.429 e. The highest BCUT2D eigenvalue weighted by atomic mass is 16.5. The van der Waals surface area contributed by atoms with E-state index < -0.39 is 50.9 Å². The number of hydrogen-bond donors (Lipinski definition) is 0. The highest BCUT2D eigenvalue weighted by Crippen LogP contribution is 2.65. The first-order chi connectivity index (χ1) is 17.3. The molecule has 0 amide bonds. The van der Waals surface area contributed by atoms with Crippen LogP contribution in [0.2, 0.25) is 0 Å². The summed E-state index contributed by atoms with van der Waals surface area (Å²) in [7, 11) is 0. The maximum Gasteiger partial charge on any atom is 0.316 e. The molecular formula is C32H44O6. The zero-order chi connectivity index (χ0) is 29.4. The Bertz CT molecular complexity index is 1170. The van der Waals surface area contributed by atoms with Gasteiger partial charge >= 0.3 is 5.97 Å². The molecule has 6 heteroatoms. The molecule has 0 aliphatic heterocycles. The standard InChI is InChI=1S/C32H44O6/c1-19(2)12-13-23-25(35)32(24(34)21(5)6)27(36)31(16-14-20(3)4,18-22(15-17-33)30(32,10)11)26(23)38-28(37)29(7,8)9/h12,14-15,17,21H,13,16,18H2,1-11H3/b22-15+/t31-,32+/m0/s1. The molecule has 0 N–H and O–H groups in total. The van der Waals surface area contributed by atoms with E-state index in [1.165, 1.54) is 6.08 Å². The predicted molar refractivity (Wildman–Crippen MR) is 148 cm³/mol. The maximum atomic E-state index is 14.9. The van der Waals surface area contributed by atoms with Gasteiger partial charge in [-0.25, -0.2) is 0 Å². The number of Topliss-reactive ketones (excluding diaryl/α,β-unsaturated/α-hetero) is 3. The number of carbonyl (C=O) groups excluding carboxylic acids is 5. The summed E-state index contributed by atoms with van der Waals surface area (Å²) in [6, 6.07) is 0. The molecule has 0 aromatic carbocycles. The SMILES string of the molecule is CC(C)=CCC1=C(OC(=O)C(C)(C)C)[C@]2(CC=C(C)C)C/C(=C\C=O)C(C)(C)[C@](C(=O)C(C)C)(C1=O)C2=O. The Morgan fingerprint density at radius 2 is 1.55 bits per heavy atom. The van der Waals surface area contributed by atoms with Crippen LogP contribution in [0.15, 0.2) is 46.3 Å². The number of hydrogen-bond acceptors (Lipinski definition) is 6. The first-order valence-electron chi connectivity index (χ1n) is 13.3. The Balaban J connectivity index is 3.21. The van der Waals surface area contributed by atoms with Gasteiger partial charge in [-0.1, -0.05) is 56.6 Å². The van der Waals surface area contributed by atoms with Crippen molar-refractivity contribution in [2.24, 2.45) is 27.6 Å². The van der Waals surface area contributed by atoms with Crippen molar-refractivity contribution in [2.75, 3.05) is 0 Å². The monoisotopic (exact) mass is 524 g/mol. The molecule has 2 aliphatic rings. The number of ether oxygens (including phenoxy) is 1. The van der Waals surface area contributed by atoms with Gasteiger partial charge in [0.25, 0.3) is 0 Å². The van der Waals surface area contributed by atoms with Crippen LogP contribution in [0.1, 0.15) is 95.4 Å². The van der Waals surface area contributed by atoms with E-state index in [0.29, 0.717) is 11.9 Å². The quantitative estimate of drug-likeness (QED) is 0.119. The van der Waals surface area contributed by atoms with E-state index >= 15 is 0 Å². The second-order valence-electron chi connectivity index (χ2n) is 13.1. The molecule has 2 atom stereocenters. The second kappa shape index (κ2) is 10.7. The molecule has 6 nitrogen and oxygen atoms in total. The molecule has 0 aromatic rings. The van der Waals surface area contributed by atoms with Crippen LogP contribution in [-0.2, 0) is 28.7 Å². The van der Waals surface area contributed by atoms with E-state index in [-0.39, 0.29) is 30.6 Å². The molecule has 1 saturated carbocycles. The third-order valence-corrected chi connectivity index (χ3v) is 7.87. The van der Waals surface area contributed by atoms with Crippen LogP contribution < -0.4 is 0 Å². The average molecular weight is 525 g/mol. The minimum atomic E-state index is -2.05. The average Bonchev–Trinajstić information content (AvgIpc) is 2.78. The highest BCUT2D eigenvalue weighted by Gasteiger charge is 2.74. The van der Waals surface area contributed by atoms with E-state index in [4.69, 9.17) is 4.74 Å². The zero-order valence-electron chi connectivity index (χ0n) is 25.0. The number of rotatable bonds is 8. The molecule has 1 fully saturated rings. The van der Waals surface area contributed by atoms with E-state index in [2.05, 4.69) is 0 Å². The van der Waals surface area contributed by atoms with Gasteiger partial charge in [-0.05, 0) is 73.8 Å². The highest BCUT2D eigenvalue weighted by molar-refractivity contribution is 6.34. The van der Waals surface area contributed by atoms with Crippen LogP contribution in [-0.4, -0.2) is 29.6 Å². The lowest BCUT2D eigenvalue weighted by Crippen LogP contribution is -2.68. The number of esters is 1. The molecule has 2 rings (SSSR count). The summed E-state index contributed by atoms with van der Waals surface area (Å²) in [5.41, 5.74) is -3.14. The van der Waals surface area contributed by atoms with Crippen molar-refractivity contribution in [3.05, 3.63) is 46.3 Å². The summed E-state index contributed by atoms with van der Waals surface area (Å²) in [5, 5.41) is 0. The van der Waals surface area contributed by atoms with Crippen molar-refractivity contribution in [1.29, 1.82) is 0 Å². The lowest BCUT2D eigenvalue weighted by molar-refractivity contribution is -0.169. The fourth-order valence-electron chi connectivity index (χ4n) is 5.55. The van der Waals surface area contributed by atoms with Gasteiger partial charge in [0.2, 0.25) is 0 Å². The molecule has 0 heterocycles. The summed E-state index contributed by atoms with van der Waals surface area (Å²) in [4.78, 5) is 68.8.